The monoisotopic (exact) mass is 395 g/mol. The fourth-order valence-electron chi connectivity index (χ4n) is 5.87. The number of aromatic nitrogens is 1. The average molecular weight is 396 g/mol. The van der Waals surface area contributed by atoms with Crippen LogP contribution >= 0.6 is 0 Å². The van der Waals surface area contributed by atoms with Crippen LogP contribution < -0.4 is 4.74 Å². The van der Waals surface area contributed by atoms with Gasteiger partial charge in [-0.25, -0.2) is 4.98 Å². The fraction of sp³-hybridized carbons (Fsp3) is 0.565. The number of amides is 1. The Labute approximate surface area is 171 Å². The molecule has 3 saturated heterocycles. The van der Waals surface area contributed by atoms with Crippen LogP contribution in [0.3, 0.4) is 0 Å². The number of nitrogens with zero attached hydrogens (tertiary/aromatic N) is 3. The van der Waals surface area contributed by atoms with E-state index in [2.05, 4.69) is 28.1 Å². The molecule has 29 heavy (non-hydrogen) atoms. The Bertz CT molecular complexity index is 853. The molecule has 0 saturated carbocycles. The lowest BCUT2D eigenvalue weighted by Crippen LogP contribution is -2.64. The molecule has 2 bridgehead atoms. The first-order valence-electron chi connectivity index (χ1n) is 10.8. The summed E-state index contributed by atoms with van der Waals surface area (Å²) in [4.78, 5) is 21.7. The van der Waals surface area contributed by atoms with E-state index in [4.69, 9.17) is 9.15 Å². The number of carbonyl (C=O) groups is 1. The highest BCUT2D eigenvalue weighted by Crippen LogP contribution is 2.42. The van der Waals surface area contributed by atoms with Gasteiger partial charge in [-0.3, -0.25) is 9.69 Å². The van der Waals surface area contributed by atoms with Gasteiger partial charge in [0.15, 0.2) is 6.39 Å². The molecule has 3 aliphatic heterocycles. The van der Waals surface area contributed by atoms with Crippen LogP contribution in [0.15, 0.2) is 41.3 Å². The Morgan fingerprint density at radius 1 is 1.28 bits per heavy atom. The smallest absolute Gasteiger partial charge is 0.291 e. The lowest BCUT2D eigenvalue weighted by molar-refractivity contribution is -0.0646. The third-order valence-electron chi connectivity index (χ3n) is 7.13. The fourth-order valence-corrected chi connectivity index (χ4v) is 5.87. The van der Waals surface area contributed by atoms with Crippen molar-refractivity contribution in [3.05, 3.63) is 48.2 Å². The number of hydrogen-bond acceptors (Lipinski definition) is 5. The molecule has 0 N–H and O–H groups in total. The summed E-state index contributed by atoms with van der Waals surface area (Å²) in [6.07, 6.45) is 8.93. The molecule has 6 heteroatoms. The highest BCUT2D eigenvalue weighted by atomic mass is 16.5. The van der Waals surface area contributed by atoms with Gasteiger partial charge in [0.1, 0.15) is 5.75 Å². The molecule has 0 aliphatic carbocycles. The molecular weight excluding hydrogens is 366 g/mol. The third-order valence-corrected chi connectivity index (χ3v) is 7.13. The van der Waals surface area contributed by atoms with E-state index < -0.39 is 0 Å². The molecule has 1 aromatic carbocycles. The van der Waals surface area contributed by atoms with Crippen LogP contribution in [-0.4, -0.2) is 59.5 Å². The number of hydrogen-bond donors (Lipinski definition) is 0. The second kappa shape index (κ2) is 7.82. The summed E-state index contributed by atoms with van der Waals surface area (Å²) >= 11 is 0. The number of methoxy groups -OCH3 is 1. The lowest BCUT2D eigenvalue weighted by atomic mass is 9.71. The van der Waals surface area contributed by atoms with Crippen molar-refractivity contribution in [1.29, 1.82) is 0 Å². The van der Waals surface area contributed by atoms with E-state index in [0.29, 0.717) is 29.7 Å². The maximum atomic E-state index is 13.0. The van der Waals surface area contributed by atoms with Crippen molar-refractivity contribution < 1.29 is 13.9 Å². The van der Waals surface area contributed by atoms with Gasteiger partial charge in [0.2, 0.25) is 5.76 Å². The summed E-state index contributed by atoms with van der Waals surface area (Å²) in [5.74, 6) is 2.30. The maximum absolute atomic E-state index is 13.0. The Morgan fingerprint density at radius 3 is 3.00 bits per heavy atom. The SMILES string of the molecule is COc1cccc(C[C@H]2[C@H]3C[C@H](CN(C(=O)c4cnco4)C3)[C@@H]3CCCCN32)c1. The predicted octanol–water partition coefficient (Wildman–Crippen LogP) is 3.24. The van der Waals surface area contributed by atoms with Crippen molar-refractivity contribution in [2.45, 2.75) is 44.2 Å². The van der Waals surface area contributed by atoms with Gasteiger partial charge >= 0.3 is 0 Å². The van der Waals surface area contributed by atoms with E-state index in [1.807, 2.05) is 11.0 Å². The topological polar surface area (TPSA) is 58.8 Å². The van der Waals surface area contributed by atoms with E-state index in [1.54, 1.807) is 7.11 Å². The van der Waals surface area contributed by atoms with Gasteiger partial charge in [0.05, 0.1) is 13.3 Å². The molecule has 0 unspecified atom stereocenters. The molecule has 5 rings (SSSR count). The van der Waals surface area contributed by atoms with Crippen LogP contribution in [0.25, 0.3) is 0 Å². The Hall–Kier alpha value is -2.34. The van der Waals surface area contributed by atoms with Crippen LogP contribution in [0, 0.1) is 11.8 Å². The van der Waals surface area contributed by atoms with Crippen LogP contribution in [0.1, 0.15) is 41.8 Å². The molecule has 1 amide bonds. The minimum Gasteiger partial charge on any atom is -0.497 e. The second-order valence-corrected chi connectivity index (χ2v) is 8.76. The summed E-state index contributed by atoms with van der Waals surface area (Å²) in [6.45, 7) is 2.82. The number of rotatable bonds is 4. The zero-order valence-corrected chi connectivity index (χ0v) is 17.0. The number of carbonyl (C=O) groups excluding carboxylic acids is 1. The summed E-state index contributed by atoms with van der Waals surface area (Å²) < 4.78 is 10.7. The van der Waals surface area contributed by atoms with E-state index in [0.717, 1.165) is 25.3 Å². The van der Waals surface area contributed by atoms with Crippen molar-refractivity contribution in [1.82, 2.24) is 14.8 Å². The van der Waals surface area contributed by atoms with Crippen molar-refractivity contribution >= 4 is 5.91 Å². The highest BCUT2D eigenvalue weighted by Gasteiger charge is 2.48. The lowest BCUT2D eigenvalue weighted by Gasteiger charge is -2.56. The van der Waals surface area contributed by atoms with Crippen molar-refractivity contribution in [2.75, 3.05) is 26.7 Å². The van der Waals surface area contributed by atoms with E-state index in [9.17, 15) is 4.79 Å². The molecule has 0 radical (unpaired) electrons. The first kappa shape index (κ1) is 18.7. The minimum absolute atomic E-state index is 0.0124. The highest BCUT2D eigenvalue weighted by molar-refractivity contribution is 5.91. The Kier molecular flexibility index (Phi) is 5.04. The van der Waals surface area contributed by atoms with Crippen molar-refractivity contribution in [3.63, 3.8) is 0 Å². The molecule has 2 aromatic rings. The van der Waals surface area contributed by atoms with E-state index in [-0.39, 0.29) is 5.91 Å². The molecule has 0 spiro atoms. The molecule has 1 aromatic heterocycles. The normalized spacial score (nSPS) is 29.3. The van der Waals surface area contributed by atoms with Gasteiger partial charge in [-0.1, -0.05) is 18.6 Å². The molecule has 4 atom stereocenters. The van der Waals surface area contributed by atoms with Crippen LogP contribution in [0.2, 0.25) is 0 Å². The van der Waals surface area contributed by atoms with Crippen LogP contribution in [-0.2, 0) is 6.42 Å². The van der Waals surface area contributed by atoms with Crippen molar-refractivity contribution in [2.24, 2.45) is 11.8 Å². The predicted molar refractivity (Wildman–Crippen MR) is 109 cm³/mol. The molecule has 3 fully saturated rings. The zero-order chi connectivity index (χ0) is 19.8. The molecule has 154 valence electrons. The molecule has 6 nitrogen and oxygen atoms in total. The van der Waals surface area contributed by atoms with Crippen LogP contribution in [0.5, 0.6) is 5.75 Å². The number of likely N-dealkylation sites (tertiary alicyclic amines) is 1. The number of ether oxygens (including phenoxy) is 1. The zero-order valence-electron chi connectivity index (χ0n) is 17.0. The first-order valence-corrected chi connectivity index (χ1v) is 10.8. The largest absolute Gasteiger partial charge is 0.497 e. The van der Waals surface area contributed by atoms with Gasteiger partial charge in [-0.05, 0) is 61.8 Å². The molecule has 4 heterocycles. The maximum Gasteiger partial charge on any atom is 0.291 e. The molecule has 3 aliphatic rings. The van der Waals surface area contributed by atoms with E-state index in [1.165, 1.54) is 50.4 Å². The van der Waals surface area contributed by atoms with Gasteiger partial charge in [0, 0.05) is 25.2 Å². The van der Waals surface area contributed by atoms with Gasteiger partial charge < -0.3 is 14.1 Å². The number of benzene rings is 1. The quantitative estimate of drug-likeness (QED) is 0.795. The Balaban J connectivity index is 1.41. The summed E-state index contributed by atoms with van der Waals surface area (Å²) in [5.41, 5.74) is 1.32. The second-order valence-electron chi connectivity index (χ2n) is 8.76. The summed E-state index contributed by atoms with van der Waals surface area (Å²) in [5, 5.41) is 0. The van der Waals surface area contributed by atoms with E-state index >= 15 is 0 Å². The molecular formula is C23H29N3O3. The number of piperidine rings is 3. The van der Waals surface area contributed by atoms with Crippen molar-refractivity contribution in [3.8, 4) is 5.75 Å². The first-order chi connectivity index (χ1) is 14.2. The Morgan fingerprint density at radius 2 is 2.17 bits per heavy atom. The minimum atomic E-state index is -0.0124. The van der Waals surface area contributed by atoms with Gasteiger partial charge in [0.25, 0.3) is 5.91 Å². The van der Waals surface area contributed by atoms with Gasteiger partial charge in [-0.2, -0.15) is 0 Å². The summed E-state index contributed by atoms with van der Waals surface area (Å²) in [6, 6.07) is 9.49. The third kappa shape index (κ3) is 3.54. The average Bonchev–Trinajstić information content (AvgIpc) is 3.31. The van der Waals surface area contributed by atoms with Gasteiger partial charge in [-0.15, -0.1) is 0 Å². The number of fused-ring (bicyclic) bond motifs is 4. The van der Waals surface area contributed by atoms with Crippen LogP contribution in [0.4, 0.5) is 0 Å². The number of oxazole rings is 1. The standard InChI is InChI=1S/C23H29N3O3/c1-28-19-6-4-5-16(9-19)10-21-18-11-17(20-7-2-3-8-26(20)21)13-25(14-18)23(27)22-12-24-15-29-22/h4-6,9,12,15,17-18,20-21H,2-3,7-8,10-11,13-14H2,1H3/t17-,18+,20+,21+/m1/s1. The summed E-state index contributed by atoms with van der Waals surface area (Å²) in [7, 11) is 1.72.